The molecule has 1 aromatic rings. The predicted molar refractivity (Wildman–Crippen MR) is 80.2 cm³/mol. The summed E-state index contributed by atoms with van der Waals surface area (Å²) in [5, 5.41) is 12.8. The number of hydrogen-bond donors (Lipinski definition) is 2. The number of halogens is 1. The molecule has 20 heavy (non-hydrogen) atoms. The first-order valence-corrected chi connectivity index (χ1v) is 7.78. The molecular weight excluding hydrogens is 253 g/mol. The molecule has 1 aliphatic rings. The lowest BCUT2D eigenvalue weighted by atomic mass is 9.86. The minimum absolute atomic E-state index is 0.148. The summed E-state index contributed by atoms with van der Waals surface area (Å²) in [6.45, 7) is 2.54. The maximum atomic E-state index is 13.1. The molecule has 2 N–H and O–H groups in total. The van der Waals surface area contributed by atoms with Crippen LogP contribution >= 0.6 is 0 Å². The minimum atomic E-state index is -0.148. The van der Waals surface area contributed by atoms with E-state index in [1.807, 2.05) is 6.07 Å². The molecule has 0 bridgehead atoms. The van der Waals surface area contributed by atoms with Crippen LogP contribution in [0.25, 0.3) is 0 Å². The molecule has 1 atom stereocenters. The molecule has 0 spiro atoms. The smallest absolute Gasteiger partial charge is 0.123 e. The quantitative estimate of drug-likeness (QED) is 0.837. The third-order valence-electron chi connectivity index (χ3n) is 4.38. The molecule has 0 amide bonds. The Labute approximate surface area is 121 Å². The maximum Gasteiger partial charge on any atom is 0.123 e. The first-order chi connectivity index (χ1) is 9.67. The normalized spacial score (nSPS) is 24.6. The fourth-order valence-electron chi connectivity index (χ4n) is 3.07. The summed E-state index contributed by atoms with van der Waals surface area (Å²) in [5.41, 5.74) is 1.07. The van der Waals surface area contributed by atoms with Crippen LogP contribution in [0, 0.1) is 11.7 Å². The van der Waals surface area contributed by atoms with E-state index < -0.39 is 0 Å². The minimum Gasteiger partial charge on any atom is -0.396 e. The van der Waals surface area contributed by atoms with Gasteiger partial charge in [0.15, 0.2) is 0 Å². The number of aliphatic hydroxyl groups is 1. The van der Waals surface area contributed by atoms with Crippen LogP contribution in [-0.4, -0.2) is 23.8 Å². The van der Waals surface area contributed by atoms with Gasteiger partial charge >= 0.3 is 0 Å². The van der Waals surface area contributed by atoms with E-state index in [9.17, 15) is 4.39 Å². The number of hydrogen-bond acceptors (Lipinski definition) is 2. The first-order valence-electron chi connectivity index (χ1n) is 7.78. The lowest BCUT2D eigenvalue weighted by Crippen LogP contribution is -2.39. The lowest BCUT2D eigenvalue weighted by molar-refractivity contribution is 0.172. The molecule has 1 aromatic carbocycles. The van der Waals surface area contributed by atoms with Crippen LogP contribution in [-0.2, 0) is 6.42 Å². The molecule has 1 saturated carbocycles. The predicted octanol–water partition coefficient (Wildman–Crippen LogP) is 3.29. The zero-order valence-electron chi connectivity index (χ0n) is 12.3. The van der Waals surface area contributed by atoms with E-state index in [1.54, 1.807) is 12.1 Å². The Hall–Kier alpha value is -0.930. The summed E-state index contributed by atoms with van der Waals surface area (Å²) in [6, 6.07) is 7.92. The van der Waals surface area contributed by atoms with Crippen molar-refractivity contribution in [3.63, 3.8) is 0 Å². The van der Waals surface area contributed by atoms with Gasteiger partial charge in [-0.3, -0.25) is 0 Å². The molecule has 0 heterocycles. The third-order valence-corrected chi connectivity index (χ3v) is 4.38. The van der Waals surface area contributed by atoms with Gasteiger partial charge in [-0.15, -0.1) is 0 Å². The van der Waals surface area contributed by atoms with Crippen LogP contribution in [0.1, 0.15) is 44.6 Å². The monoisotopic (exact) mass is 279 g/mol. The summed E-state index contributed by atoms with van der Waals surface area (Å²) >= 11 is 0. The topological polar surface area (TPSA) is 32.3 Å². The van der Waals surface area contributed by atoms with Crippen molar-refractivity contribution >= 4 is 0 Å². The van der Waals surface area contributed by atoms with Crippen LogP contribution in [0.5, 0.6) is 0 Å². The van der Waals surface area contributed by atoms with Crippen molar-refractivity contribution in [3.05, 3.63) is 35.6 Å². The molecule has 0 aromatic heterocycles. The van der Waals surface area contributed by atoms with Crippen molar-refractivity contribution in [2.24, 2.45) is 5.92 Å². The van der Waals surface area contributed by atoms with Crippen molar-refractivity contribution in [2.75, 3.05) is 6.61 Å². The molecule has 1 aliphatic carbocycles. The zero-order valence-corrected chi connectivity index (χ0v) is 12.3. The van der Waals surface area contributed by atoms with Gasteiger partial charge < -0.3 is 10.4 Å². The molecule has 0 aliphatic heterocycles. The van der Waals surface area contributed by atoms with E-state index in [0.29, 0.717) is 24.6 Å². The molecule has 1 fully saturated rings. The maximum absolute atomic E-state index is 13.1. The molecule has 112 valence electrons. The number of aliphatic hydroxyl groups excluding tert-OH is 1. The van der Waals surface area contributed by atoms with E-state index in [-0.39, 0.29) is 5.82 Å². The average molecular weight is 279 g/mol. The number of nitrogens with one attached hydrogen (secondary N) is 1. The Bertz CT molecular complexity index is 402. The second-order valence-corrected chi connectivity index (χ2v) is 6.14. The van der Waals surface area contributed by atoms with Crippen LogP contribution in [0.3, 0.4) is 0 Å². The highest BCUT2D eigenvalue weighted by molar-refractivity contribution is 5.16. The third kappa shape index (κ3) is 4.88. The molecule has 2 rings (SSSR count). The van der Waals surface area contributed by atoms with Gasteiger partial charge in [-0.25, -0.2) is 4.39 Å². The van der Waals surface area contributed by atoms with Gasteiger partial charge in [0.25, 0.3) is 0 Å². The Morgan fingerprint density at radius 2 is 2.05 bits per heavy atom. The average Bonchev–Trinajstić information content (AvgIpc) is 2.46. The standard InChI is InChI=1S/C17H26FNO/c1-13(5-6-14-3-2-4-16(18)11-14)19-17-9-7-15(12-20)8-10-17/h2-4,11,13,15,17,19-20H,5-10,12H2,1H3. The highest BCUT2D eigenvalue weighted by Gasteiger charge is 2.21. The van der Waals surface area contributed by atoms with E-state index in [0.717, 1.165) is 44.1 Å². The summed E-state index contributed by atoms with van der Waals surface area (Å²) in [7, 11) is 0. The second kappa shape index (κ2) is 7.75. The molecule has 0 radical (unpaired) electrons. The fourth-order valence-corrected chi connectivity index (χ4v) is 3.07. The van der Waals surface area contributed by atoms with Gasteiger partial charge in [-0.1, -0.05) is 12.1 Å². The van der Waals surface area contributed by atoms with E-state index in [2.05, 4.69) is 12.2 Å². The molecule has 2 nitrogen and oxygen atoms in total. The highest BCUT2D eigenvalue weighted by atomic mass is 19.1. The largest absolute Gasteiger partial charge is 0.396 e. The summed E-state index contributed by atoms with van der Waals surface area (Å²) < 4.78 is 13.1. The van der Waals surface area contributed by atoms with Crippen LogP contribution in [0.2, 0.25) is 0 Å². The Morgan fingerprint density at radius 3 is 2.70 bits per heavy atom. The molecule has 1 unspecified atom stereocenters. The lowest BCUT2D eigenvalue weighted by Gasteiger charge is -2.30. The van der Waals surface area contributed by atoms with E-state index in [1.165, 1.54) is 6.07 Å². The highest BCUT2D eigenvalue weighted by Crippen LogP contribution is 2.24. The summed E-state index contributed by atoms with van der Waals surface area (Å²) in [4.78, 5) is 0. The van der Waals surface area contributed by atoms with Gasteiger partial charge in [0.05, 0.1) is 0 Å². The van der Waals surface area contributed by atoms with Crippen molar-refractivity contribution in [3.8, 4) is 0 Å². The number of benzene rings is 1. The van der Waals surface area contributed by atoms with Gasteiger partial charge in [0.2, 0.25) is 0 Å². The zero-order chi connectivity index (χ0) is 14.4. The van der Waals surface area contributed by atoms with Crippen molar-refractivity contribution < 1.29 is 9.50 Å². The van der Waals surface area contributed by atoms with Gasteiger partial charge in [0.1, 0.15) is 5.82 Å². The number of rotatable bonds is 6. The van der Waals surface area contributed by atoms with Crippen molar-refractivity contribution in [1.29, 1.82) is 0 Å². The fraction of sp³-hybridized carbons (Fsp3) is 0.647. The van der Waals surface area contributed by atoms with Gasteiger partial charge in [-0.2, -0.15) is 0 Å². The summed E-state index contributed by atoms with van der Waals surface area (Å²) in [5.74, 6) is 0.362. The molecule has 3 heteroatoms. The Morgan fingerprint density at radius 1 is 1.30 bits per heavy atom. The van der Waals surface area contributed by atoms with E-state index in [4.69, 9.17) is 5.11 Å². The first kappa shape index (κ1) is 15.5. The SMILES string of the molecule is CC(CCc1cccc(F)c1)NC1CCC(CO)CC1. The second-order valence-electron chi connectivity index (χ2n) is 6.14. The van der Waals surface area contributed by atoms with Crippen molar-refractivity contribution in [2.45, 2.75) is 57.5 Å². The van der Waals surface area contributed by atoms with Crippen LogP contribution < -0.4 is 5.32 Å². The Balaban J connectivity index is 1.69. The van der Waals surface area contributed by atoms with Crippen LogP contribution in [0.15, 0.2) is 24.3 Å². The van der Waals surface area contributed by atoms with E-state index >= 15 is 0 Å². The van der Waals surface area contributed by atoms with Crippen LogP contribution in [0.4, 0.5) is 4.39 Å². The van der Waals surface area contributed by atoms with Gasteiger partial charge in [0, 0.05) is 18.7 Å². The van der Waals surface area contributed by atoms with Crippen molar-refractivity contribution in [1.82, 2.24) is 5.32 Å². The van der Waals surface area contributed by atoms with Gasteiger partial charge in [-0.05, 0) is 69.1 Å². The summed E-state index contributed by atoms with van der Waals surface area (Å²) in [6.07, 6.45) is 6.53. The Kier molecular flexibility index (Phi) is 5.99. The molecule has 0 saturated heterocycles. The number of aryl methyl sites for hydroxylation is 1. The molecular formula is C17H26FNO.